The molecule has 0 aliphatic carbocycles. The number of hydrogen-bond acceptors (Lipinski definition) is 5. The number of rotatable bonds is 3. The van der Waals surface area contributed by atoms with Crippen molar-refractivity contribution in [2.75, 3.05) is 32.4 Å². The van der Waals surface area contributed by atoms with Crippen molar-refractivity contribution in [1.29, 1.82) is 0 Å². The average Bonchev–Trinajstić information content (AvgIpc) is 2.80. The predicted octanol–water partition coefficient (Wildman–Crippen LogP) is 1.78. The quantitative estimate of drug-likeness (QED) is 0.733. The number of amides is 1. The first kappa shape index (κ1) is 24.7. The molecule has 2 aliphatic heterocycles. The van der Waals surface area contributed by atoms with Crippen molar-refractivity contribution in [2.45, 2.75) is 57.0 Å². The molecule has 0 aromatic carbocycles. The van der Waals surface area contributed by atoms with Gasteiger partial charge in [0.25, 0.3) is 0 Å². The molecule has 28 heavy (non-hydrogen) atoms. The summed E-state index contributed by atoms with van der Waals surface area (Å²) in [5.74, 6) is -1.80. The second-order valence-corrected chi connectivity index (χ2v) is 9.99. The van der Waals surface area contributed by atoms with Crippen molar-refractivity contribution in [1.82, 2.24) is 9.80 Å². The summed E-state index contributed by atoms with van der Waals surface area (Å²) in [6, 6.07) is 0.0756. The van der Waals surface area contributed by atoms with E-state index in [4.69, 9.17) is 9.90 Å². The molecule has 164 valence electrons. The number of fused-ring (bicyclic) bond motifs is 1. The van der Waals surface area contributed by atoms with Crippen LogP contribution in [0.25, 0.3) is 0 Å². The molecule has 2 fully saturated rings. The minimum absolute atomic E-state index is 0.0756. The van der Waals surface area contributed by atoms with Crippen molar-refractivity contribution < 1.29 is 36.3 Å². The molecular formula is C17H29F3N2O5S. The summed E-state index contributed by atoms with van der Waals surface area (Å²) < 4.78 is 56.3. The largest absolute Gasteiger partial charge is 0.490 e. The second-order valence-electron chi connectivity index (χ2n) is 7.65. The highest BCUT2D eigenvalue weighted by Crippen LogP contribution is 2.27. The molecule has 0 aromatic rings. The predicted molar refractivity (Wildman–Crippen MR) is 97.6 cm³/mol. The molecule has 1 amide bonds. The van der Waals surface area contributed by atoms with E-state index in [1.165, 1.54) is 0 Å². The van der Waals surface area contributed by atoms with Gasteiger partial charge in [-0.05, 0) is 32.2 Å². The molecule has 2 atom stereocenters. The maximum absolute atomic E-state index is 12.3. The zero-order chi connectivity index (χ0) is 21.7. The van der Waals surface area contributed by atoms with Crippen LogP contribution in [-0.2, 0) is 19.4 Å². The Morgan fingerprint density at radius 2 is 1.68 bits per heavy atom. The minimum Gasteiger partial charge on any atom is -0.475 e. The Morgan fingerprint density at radius 3 is 2.18 bits per heavy atom. The lowest BCUT2D eigenvalue weighted by Gasteiger charge is -2.37. The Hall–Kier alpha value is -1.36. The van der Waals surface area contributed by atoms with E-state index in [1.54, 1.807) is 0 Å². The SMILES string of the molecule is CC(C)CCC(=O)N1CC[C@@H]2[C@H](CC1)N(C)CCS2(=O)=O.O=C(O)C(F)(F)F. The molecule has 0 saturated carbocycles. The summed E-state index contributed by atoms with van der Waals surface area (Å²) >= 11 is 0. The van der Waals surface area contributed by atoms with Gasteiger partial charge in [0.1, 0.15) is 0 Å². The van der Waals surface area contributed by atoms with Crippen LogP contribution in [0.3, 0.4) is 0 Å². The zero-order valence-electron chi connectivity index (χ0n) is 16.4. The van der Waals surface area contributed by atoms with E-state index in [1.807, 2.05) is 11.9 Å². The highest BCUT2D eigenvalue weighted by Gasteiger charge is 2.41. The summed E-state index contributed by atoms with van der Waals surface area (Å²) in [6.45, 7) is 6.13. The molecule has 1 N–H and O–H groups in total. The van der Waals surface area contributed by atoms with Crippen LogP contribution >= 0.6 is 0 Å². The van der Waals surface area contributed by atoms with E-state index in [0.29, 0.717) is 38.4 Å². The number of aliphatic carboxylic acids is 1. The third kappa shape index (κ3) is 7.23. The number of sulfone groups is 1. The molecule has 0 radical (unpaired) electrons. The van der Waals surface area contributed by atoms with Gasteiger partial charge >= 0.3 is 12.1 Å². The highest BCUT2D eigenvalue weighted by atomic mass is 32.2. The Labute approximate surface area is 163 Å². The molecule has 0 unspecified atom stereocenters. The maximum atomic E-state index is 12.3. The molecule has 2 rings (SSSR count). The fourth-order valence-corrected chi connectivity index (χ4v) is 5.52. The molecule has 11 heteroatoms. The van der Waals surface area contributed by atoms with Crippen molar-refractivity contribution in [3.05, 3.63) is 0 Å². The van der Waals surface area contributed by atoms with Crippen molar-refractivity contribution >= 4 is 21.7 Å². The topological polar surface area (TPSA) is 95.0 Å². The third-order valence-electron chi connectivity index (χ3n) is 5.09. The number of likely N-dealkylation sites (tertiary alicyclic amines) is 1. The first-order chi connectivity index (χ1) is 12.8. The van der Waals surface area contributed by atoms with Crippen molar-refractivity contribution in [3.63, 3.8) is 0 Å². The first-order valence-electron chi connectivity index (χ1n) is 9.25. The number of carbonyl (C=O) groups is 2. The van der Waals surface area contributed by atoms with Crippen molar-refractivity contribution in [2.24, 2.45) is 5.92 Å². The Kier molecular flexibility index (Phi) is 8.73. The summed E-state index contributed by atoms with van der Waals surface area (Å²) in [4.78, 5) is 25.2. The van der Waals surface area contributed by atoms with Gasteiger partial charge in [0.2, 0.25) is 5.91 Å². The van der Waals surface area contributed by atoms with E-state index >= 15 is 0 Å². The number of nitrogens with zero attached hydrogens (tertiary/aromatic N) is 2. The van der Waals surface area contributed by atoms with Gasteiger partial charge in [-0.2, -0.15) is 13.2 Å². The van der Waals surface area contributed by atoms with Crippen molar-refractivity contribution in [3.8, 4) is 0 Å². The van der Waals surface area contributed by atoms with E-state index in [0.717, 1.165) is 12.8 Å². The van der Waals surface area contributed by atoms with Gasteiger partial charge in [-0.3, -0.25) is 4.79 Å². The Bertz CT molecular complexity index is 652. The van der Waals surface area contributed by atoms with Crippen LogP contribution in [0.4, 0.5) is 13.2 Å². The number of halogens is 3. The molecular weight excluding hydrogens is 401 g/mol. The molecule has 0 spiro atoms. The van der Waals surface area contributed by atoms with E-state index in [-0.39, 0.29) is 23.0 Å². The standard InChI is InChI=1S/C15H28N2O3S.C2HF3O2/c1-12(2)4-5-15(18)17-8-6-13-14(7-9-17)21(19,20)11-10-16(13)3;3-2(4,5)1(6)7/h12-14H,4-11H2,1-3H3;(H,6,7)/t13-,14+;/m0./s1. The Balaban J connectivity index is 0.000000480. The van der Waals surface area contributed by atoms with Gasteiger partial charge in [0.15, 0.2) is 9.84 Å². The van der Waals surface area contributed by atoms with Gasteiger partial charge in [0.05, 0.1) is 11.0 Å². The number of carbonyl (C=O) groups excluding carboxylic acids is 1. The number of hydrogen-bond donors (Lipinski definition) is 1. The molecule has 2 aliphatic rings. The Morgan fingerprint density at radius 1 is 1.14 bits per heavy atom. The molecule has 0 aromatic heterocycles. The van der Waals surface area contributed by atoms with Gasteiger partial charge in [0, 0.05) is 32.1 Å². The lowest BCUT2D eigenvalue weighted by Crippen LogP contribution is -2.52. The summed E-state index contributed by atoms with van der Waals surface area (Å²) in [5, 5.41) is 6.83. The lowest BCUT2D eigenvalue weighted by molar-refractivity contribution is -0.192. The van der Waals surface area contributed by atoms with Crippen LogP contribution in [0.1, 0.15) is 39.5 Å². The van der Waals surface area contributed by atoms with Crippen LogP contribution in [0.5, 0.6) is 0 Å². The van der Waals surface area contributed by atoms with Gasteiger partial charge in [-0.25, -0.2) is 13.2 Å². The van der Waals surface area contributed by atoms with Crippen LogP contribution < -0.4 is 0 Å². The molecule has 2 saturated heterocycles. The number of carboxylic acids is 1. The molecule has 0 bridgehead atoms. The van der Waals surface area contributed by atoms with Gasteiger partial charge in [-0.15, -0.1) is 0 Å². The minimum atomic E-state index is -5.08. The number of carboxylic acid groups (broad SMARTS) is 1. The molecule has 7 nitrogen and oxygen atoms in total. The fraction of sp³-hybridized carbons (Fsp3) is 0.882. The monoisotopic (exact) mass is 430 g/mol. The summed E-state index contributed by atoms with van der Waals surface area (Å²) in [5.41, 5.74) is 0. The van der Waals surface area contributed by atoms with Crippen LogP contribution in [0.2, 0.25) is 0 Å². The lowest BCUT2D eigenvalue weighted by atomic mass is 10.1. The van der Waals surface area contributed by atoms with E-state index in [2.05, 4.69) is 18.7 Å². The zero-order valence-corrected chi connectivity index (χ0v) is 17.2. The van der Waals surface area contributed by atoms with E-state index < -0.39 is 22.0 Å². The first-order valence-corrected chi connectivity index (χ1v) is 11.0. The fourth-order valence-electron chi connectivity index (χ4n) is 3.39. The van der Waals surface area contributed by atoms with Crippen LogP contribution in [0.15, 0.2) is 0 Å². The van der Waals surface area contributed by atoms with E-state index in [9.17, 15) is 26.4 Å². The summed E-state index contributed by atoms with van der Waals surface area (Å²) in [6.07, 6.45) is -2.24. The highest BCUT2D eigenvalue weighted by molar-refractivity contribution is 7.92. The third-order valence-corrected chi connectivity index (χ3v) is 7.32. The average molecular weight is 430 g/mol. The second kappa shape index (κ2) is 9.91. The smallest absolute Gasteiger partial charge is 0.475 e. The molecule has 2 heterocycles. The normalized spacial score (nSPS) is 25.3. The maximum Gasteiger partial charge on any atom is 0.490 e. The van der Waals surface area contributed by atoms with Gasteiger partial charge < -0.3 is 14.9 Å². The summed E-state index contributed by atoms with van der Waals surface area (Å²) in [7, 11) is -0.992. The van der Waals surface area contributed by atoms with Crippen LogP contribution in [0, 0.1) is 5.92 Å². The van der Waals surface area contributed by atoms with Crippen LogP contribution in [-0.4, -0.2) is 85.1 Å². The number of alkyl halides is 3. The van der Waals surface area contributed by atoms with Gasteiger partial charge in [-0.1, -0.05) is 13.8 Å².